The predicted octanol–water partition coefficient (Wildman–Crippen LogP) is 4.32. The van der Waals surface area contributed by atoms with Crippen molar-refractivity contribution in [3.8, 4) is 6.07 Å². The first kappa shape index (κ1) is 11.5. The van der Waals surface area contributed by atoms with Gasteiger partial charge in [0.1, 0.15) is 0 Å². The van der Waals surface area contributed by atoms with Gasteiger partial charge in [-0.2, -0.15) is 5.26 Å². The number of nitrogens with zero attached hydrogens (tertiary/aromatic N) is 1. The lowest BCUT2D eigenvalue weighted by molar-refractivity contribution is 1.47. The maximum Gasteiger partial charge on any atom is 0.0991 e. The van der Waals surface area contributed by atoms with Crippen LogP contribution in [0.4, 0.5) is 0 Å². The SMILES string of the molecule is N#Cc1ccc(C=CSc2ccccc2)cc1. The fraction of sp³-hybridized carbons (Fsp3) is 0. The average molecular weight is 237 g/mol. The first-order chi connectivity index (χ1) is 8.38. The zero-order chi connectivity index (χ0) is 11.9. The maximum atomic E-state index is 8.68. The van der Waals surface area contributed by atoms with Crippen LogP contribution in [0.5, 0.6) is 0 Å². The monoisotopic (exact) mass is 237 g/mol. The quantitative estimate of drug-likeness (QED) is 0.742. The smallest absolute Gasteiger partial charge is 0.0991 e. The molecule has 0 unspecified atom stereocenters. The number of nitriles is 1. The van der Waals surface area contributed by atoms with Crippen LogP contribution in [-0.4, -0.2) is 0 Å². The molecule has 2 heteroatoms. The molecule has 0 aliphatic heterocycles. The van der Waals surface area contributed by atoms with Crippen LogP contribution in [0.15, 0.2) is 64.9 Å². The zero-order valence-electron chi connectivity index (χ0n) is 9.21. The standard InChI is InChI=1S/C15H11NS/c16-12-14-8-6-13(7-9-14)10-11-17-15-4-2-1-3-5-15/h1-11H. The van der Waals surface area contributed by atoms with Crippen LogP contribution < -0.4 is 0 Å². The largest absolute Gasteiger partial charge is 0.192 e. The van der Waals surface area contributed by atoms with Crippen LogP contribution in [0.25, 0.3) is 6.08 Å². The molecule has 2 aromatic rings. The Bertz CT molecular complexity index is 535. The van der Waals surface area contributed by atoms with Crippen LogP contribution in [0.2, 0.25) is 0 Å². The number of hydrogen-bond acceptors (Lipinski definition) is 2. The molecule has 17 heavy (non-hydrogen) atoms. The van der Waals surface area contributed by atoms with Crippen molar-refractivity contribution in [2.24, 2.45) is 0 Å². The van der Waals surface area contributed by atoms with Gasteiger partial charge in [0.2, 0.25) is 0 Å². The Morgan fingerprint density at radius 1 is 0.941 bits per heavy atom. The number of thioether (sulfide) groups is 1. The molecule has 0 N–H and O–H groups in total. The van der Waals surface area contributed by atoms with Gasteiger partial charge in [-0.3, -0.25) is 0 Å². The van der Waals surface area contributed by atoms with E-state index in [1.54, 1.807) is 11.8 Å². The number of benzene rings is 2. The fourth-order valence-electron chi connectivity index (χ4n) is 1.36. The van der Waals surface area contributed by atoms with Gasteiger partial charge < -0.3 is 0 Å². The lowest BCUT2D eigenvalue weighted by Crippen LogP contribution is -1.74. The van der Waals surface area contributed by atoms with E-state index in [0.29, 0.717) is 5.56 Å². The summed E-state index contributed by atoms with van der Waals surface area (Å²) in [6.07, 6.45) is 2.04. The Morgan fingerprint density at radius 3 is 2.29 bits per heavy atom. The summed E-state index contributed by atoms with van der Waals surface area (Å²) < 4.78 is 0. The molecule has 0 atom stereocenters. The van der Waals surface area contributed by atoms with E-state index in [2.05, 4.69) is 23.6 Å². The molecular weight excluding hydrogens is 226 g/mol. The van der Waals surface area contributed by atoms with Gasteiger partial charge in [-0.25, -0.2) is 0 Å². The highest BCUT2D eigenvalue weighted by Crippen LogP contribution is 2.19. The lowest BCUT2D eigenvalue weighted by atomic mass is 10.1. The molecule has 0 aromatic heterocycles. The van der Waals surface area contributed by atoms with Crippen molar-refractivity contribution in [1.82, 2.24) is 0 Å². The Labute approximate surface area is 105 Å². The molecule has 0 amide bonds. The second kappa shape index (κ2) is 5.93. The van der Waals surface area contributed by atoms with Crippen molar-refractivity contribution in [1.29, 1.82) is 5.26 Å². The maximum absolute atomic E-state index is 8.68. The third-order valence-corrected chi connectivity index (χ3v) is 3.06. The Hall–Kier alpha value is -1.98. The molecular formula is C15H11NS. The van der Waals surface area contributed by atoms with Gasteiger partial charge in [0.05, 0.1) is 11.6 Å². The topological polar surface area (TPSA) is 23.8 Å². The molecule has 1 nitrogen and oxygen atoms in total. The van der Waals surface area contributed by atoms with Gasteiger partial charge in [0, 0.05) is 4.90 Å². The molecule has 0 radical (unpaired) electrons. The summed E-state index contributed by atoms with van der Waals surface area (Å²) in [7, 11) is 0. The molecule has 2 rings (SSSR count). The summed E-state index contributed by atoms with van der Waals surface area (Å²) in [5.74, 6) is 0. The van der Waals surface area contributed by atoms with E-state index in [4.69, 9.17) is 5.26 Å². The van der Waals surface area contributed by atoms with E-state index in [9.17, 15) is 0 Å². The molecule has 82 valence electrons. The predicted molar refractivity (Wildman–Crippen MR) is 72.5 cm³/mol. The van der Waals surface area contributed by atoms with E-state index >= 15 is 0 Å². The van der Waals surface area contributed by atoms with Crippen molar-refractivity contribution >= 4 is 17.8 Å². The minimum absolute atomic E-state index is 0.692. The highest BCUT2D eigenvalue weighted by Gasteiger charge is 1.90. The average Bonchev–Trinajstić information content (AvgIpc) is 2.41. The molecule has 0 heterocycles. The van der Waals surface area contributed by atoms with Crippen LogP contribution in [0.3, 0.4) is 0 Å². The third-order valence-electron chi connectivity index (χ3n) is 2.25. The Balaban J connectivity index is 1.99. The third kappa shape index (κ3) is 3.51. The van der Waals surface area contributed by atoms with E-state index in [1.165, 1.54) is 4.90 Å². The summed E-state index contributed by atoms with van der Waals surface area (Å²) >= 11 is 1.68. The van der Waals surface area contributed by atoms with Gasteiger partial charge in [-0.15, -0.1) is 0 Å². The molecule has 0 saturated heterocycles. The first-order valence-corrected chi connectivity index (χ1v) is 6.15. The zero-order valence-corrected chi connectivity index (χ0v) is 10.0. The summed E-state index contributed by atoms with van der Waals surface area (Å²) in [6, 6.07) is 19.9. The normalized spacial score (nSPS) is 10.3. The minimum atomic E-state index is 0.692. The van der Waals surface area contributed by atoms with Crippen molar-refractivity contribution in [2.45, 2.75) is 4.90 Å². The molecule has 0 aliphatic carbocycles. The van der Waals surface area contributed by atoms with Gasteiger partial charge in [-0.1, -0.05) is 42.1 Å². The van der Waals surface area contributed by atoms with Gasteiger partial charge in [-0.05, 0) is 41.3 Å². The number of rotatable bonds is 3. The molecule has 0 fully saturated rings. The highest BCUT2D eigenvalue weighted by atomic mass is 32.2. The lowest BCUT2D eigenvalue weighted by Gasteiger charge is -1.95. The van der Waals surface area contributed by atoms with Crippen LogP contribution in [0.1, 0.15) is 11.1 Å². The van der Waals surface area contributed by atoms with Gasteiger partial charge in [0.15, 0.2) is 0 Å². The molecule has 2 aromatic carbocycles. The second-order valence-corrected chi connectivity index (χ2v) is 4.45. The summed E-state index contributed by atoms with van der Waals surface area (Å²) in [6.45, 7) is 0. The first-order valence-electron chi connectivity index (χ1n) is 5.27. The van der Waals surface area contributed by atoms with E-state index in [1.807, 2.05) is 48.5 Å². The second-order valence-electron chi connectivity index (χ2n) is 3.47. The van der Waals surface area contributed by atoms with Crippen LogP contribution >= 0.6 is 11.8 Å². The molecule has 0 saturated carbocycles. The van der Waals surface area contributed by atoms with E-state index < -0.39 is 0 Å². The van der Waals surface area contributed by atoms with Gasteiger partial charge in [0.25, 0.3) is 0 Å². The molecule has 0 spiro atoms. The van der Waals surface area contributed by atoms with Crippen molar-refractivity contribution in [3.63, 3.8) is 0 Å². The number of hydrogen-bond donors (Lipinski definition) is 0. The van der Waals surface area contributed by atoms with Crippen molar-refractivity contribution in [2.75, 3.05) is 0 Å². The minimum Gasteiger partial charge on any atom is -0.192 e. The van der Waals surface area contributed by atoms with Crippen LogP contribution in [-0.2, 0) is 0 Å². The Morgan fingerprint density at radius 2 is 1.65 bits per heavy atom. The highest BCUT2D eigenvalue weighted by molar-refractivity contribution is 8.02. The summed E-state index contributed by atoms with van der Waals surface area (Å²) in [5, 5.41) is 10.7. The fourth-order valence-corrected chi connectivity index (χ4v) is 2.06. The molecule has 0 aliphatic rings. The Kier molecular flexibility index (Phi) is 4.01. The summed E-state index contributed by atoms with van der Waals surface area (Å²) in [4.78, 5) is 1.22. The van der Waals surface area contributed by atoms with Crippen molar-refractivity contribution in [3.05, 3.63) is 71.1 Å². The van der Waals surface area contributed by atoms with Crippen molar-refractivity contribution < 1.29 is 0 Å². The molecule has 0 bridgehead atoms. The van der Waals surface area contributed by atoms with Gasteiger partial charge >= 0.3 is 0 Å². The summed E-state index contributed by atoms with van der Waals surface area (Å²) in [5.41, 5.74) is 1.80. The van der Waals surface area contributed by atoms with E-state index in [0.717, 1.165) is 5.56 Å². The van der Waals surface area contributed by atoms with Crippen LogP contribution in [0, 0.1) is 11.3 Å². The van der Waals surface area contributed by atoms with E-state index in [-0.39, 0.29) is 0 Å².